The second kappa shape index (κ2) is 5.29. The number of piperazine rings is 1. The average Bonchev–Trinajstić information content (AvgIpc) is 2.23. The summed E-state index contributed by atoms with van der Waals surface area (Å²) in [6.45, 7) is 12.4. The van der Waals surface area contributed by atoms with Crippen LogP contribution in [-0.2, 0) is 9.59 Å². The topological polar surface area (TPSA) is 49.4 Å². The van der Waals surface area contributed by atoms with Crippen LogP contribution in [-0.4, -0.2) is 34.8 Å². The van der Waals surface area contributed by atoms with Crippen molar-refractivity contribution in [2.24, 2.45) is 11.8 Å². The molecule has 1 aliphatic rings. The SMILES string of the molecule is CCC(C)C1C(=O)NC(C)(C)C(=O)N1CC(C)C. The van der Waals surface area contributed by atoms with Crippen LogP contribution in [0.5, 0.6) is 0 Å². The average molecular weight is 254 g/mol. The van der Waals surface area contributed by atoms with E-state index in [1.807, 2.05) is 6.92 Å². The number of nitrogens with zero attached hydrogens (tertiary/aromatic N) is 1. The number of carbonyl (C=O) groups excluding carboxylic acids is 2. The molecule has 0 radical (unpaired) electrons. The number of nitrogens with one attached hydrogen (secondary N) is 1. The number of hydrogen-bond acceptors (Lipinski definition) is 2. The van der Waals surface area contributed by atoms with E-state index in [0.29, 0.717) is 12.5 Å². The summed E-state index contributed by atoms with van der Waals surface area (Å²) in [7, 11) is 0. The van der Waals surface area contributed by atoms with Gasteiger partial charge in [0.2, 0.25) is 11.8 Å². The minimum atomic E-state index is -0.782. The third-order valence-electron chi connectivity index (χ3n) is 3.58. The fourth-order valence-corrected chi connectivity index (χ4v) is 2.44. The predicted octanol–water partition coefficient (Wildman–Crippen LogP) is 1.79. The van der Waals surface area contributed by atoms with Crippen LogP contribution in [0, 0.1) is 11.8 Å². The first-order valence-corrected chi connectivity index (χ1v) is 6.83. The third-order valence-corrected chi connectivity index (χ3v) is 3.58. The molecule has 0 bridgehead atoms. The molecule has 0 aromatic carbocycles. The van der Waals surface area contributed by atoms with Crippen molar-refractivity contribution in [1.82, 2.24) is 10.2 Å². The van der Waals surface area contributed by atoms with Crippen molar-refractivity contribution in [3.63, 3.8) is 0 Å². The van der Waals surface area contributed by atoms with E-state index in [9.17, 15) is 9.59 Å². The lowest BCUT2D eigenvalue weighted by molar-refractivity contribution is -0.156. The van der Waals surface area contributed by atoms with Gasteiger partial charge in [0.1, 0.15) is 11.6 Å². The van der Waals surface area contributed by atoms with E-state index in [2.05, 4.69) is 26.1 Å². The number of hydrogen-bond donors (Lipinski definition) is 1. The van der Waals surface area contributed by atoms with Gasteiger partial charge >= 0.3 is 0 Å². The first kappa shape index (κ1) is 15.0. The Balaban J connectivity index is 3.06. The lowest BCUT2D eigenvalue weighted by Gasteiger charge is -2.45. The van der Waals surface area contributed by atoms with Crippen LogP contribution in [0.1, 0.15) is 48.0 Å². The zero-order valence-electron chi connectivity index (χ0n) is 12.4. The number of carbonyl (C=O) groups is 2. The normalized spacial score (nSPS) is 25.3. The summed E-state index contributed by atoms with van der Waals surface area (Å²) >= 11 is 0. The Bertz CT molecular complexity index is 337. The largest absolute Gasteiger partial charge is 0.340 e. The van der Waals surface area contributed by atoms with Crippen LogP contribution >= 0.6 is 0 Å². The zero-order chi connectivity index (χ0) is 14.1. The second-order valence-corrected chi connectivity index (χ2v) is 6.30. The Morgan fingerprint density at radius 1 is 1.28 bits per heavy atom. The van der Waals surface area contributed by atoms with Gasteiger partial charge in [-0.1, -0.05) is 34.1 Å². The maximum absolute atomic E-state index is 12.5. The van der Waals surface area contributed by atoms with Gasteiger partial charge in [-0.05, 0) is 25.7 Å². The molecule has 1 aliphatic heterocycles. The van der Waals surface area contributed by atoms with Gasteiger partial charge in [0.25, 0.3) is 0 Å². The molecule has 0 aliphatic carbocycles. The van der Waals surface area contributed by atoms with Gasteiger partial charge in [-0.25, -0.2) is 0 Å². The van der Waals surface area contributed by atoms with Crippen molar-refractivity contribution in [1.29, 1.82) is 0 Å². The van der Waals surface area contributed by atoms with Gasteiger partial charge in [-0.2, -0.15) is 0 Å². The minimum Gasteiger partial charge on any atom is -0.340 e. The molecule has 104 valence electrons. The Kier molecular flexibility index (Phi) is 4.41. The van der Waals surface area contributed by atoms with E-state index in [-0.39, 0.29) is 23.8 Å². The van der Waals surface area contributed by atoms with Crippen molar-refractivity contribution >= 4 is 11.8 Å². The van der Waals surface area contributed by atoms with Crippen molar-refractivity contribution in [2.45, 2.75) is 59.5 Å². The predicted molar refractivity (Wildman–Crippen MR) is 72.0 cm³/mol. The molecule has 1 heterocycles. The summed E-state index contributed by atoms with van der Waals surface area (Å²) in [6.07, 6.45) is 0.889. The smallest absolute Gasteiger partial charge is 0.248 e. The van der Waals surface area contributed by atoms with Crippen LogP contribution in [0.4, 0.5) is 0 Å². The highest BCUT2D eigenvalue weighted by Gasteiger charge is 2.46. The molecule has 4 heteroatoms. The molecule has 0 aromatic heterocycles. The molecule has 0 saturated carbocycles. The molecule has 2 atom stereocenters. The summed E-state index contributed by atoms with van der Waals surface area (Å²) in [5.41, 5.74) is -0.782. The van der Waals surface area contributed by atoms with Crippen LogP contribution in [0.2, 0.25) is 0 Å². The van der Waals surface area contributed by atoms with Gasteiger partial charge in [0.15, 0.2) is 0 Å². The number of rotatable bonds is 4. The van der Waals surface area contributed by atoms with Gasteiger partial charge in [0.05, 0.1) is 0 Å². The van der Waals surface area contributed by atoms with E-state index in [0.717, 1.165) is 6.42 Å². The molecule has 1 rings (SSSR count). The summed E-state index contributed by atoms with van der Waals surface area (Å²) in [4.78, 5) is 26.5. The molecular formula is C14H26N2O2. The highest BCUT2D eigenvalue weighted by atomic mass is 16.2. The van der Waals surface area contributed by atoms with E-state index in [1.54, 1.807) is 18.7 Å². The molecule has 2 unspecified atom stereocenters. The van der Waals surface area contributed by atoms with E-state index in [4.69, 9.17) is 0 Å². The Morgan fingerprint density at radius 3 is 2.28 bits per heavy atom. The summed E-state index contributed by atoms with van der Waals surface area (Å²) < 4.78 is 0. The molecule has 1 saturated heterocycles. The second-order valence-electron chi connectivity index (χ2n) is 6.30. The highest BCUT2D eigenvalue weighted by Crippen LogP contribution is 2.25. The van der Waals surface area contributed by atoms with E-state index < -0.39 is 5.54 Å². The van der Waals surface area contributed by atoms with Crippen molar-refractivity contribution in [3.05, 3.63) is 0 Å². The minimum absolute atomic E-state index is 0.0189. The van der Waals surface area contributed by atoms with Crippen molar-refractivity contribution in [2.75, 3.05) is 6.54 Å². The van der Waals surface area contributed by atoms with Crippen LogP contribution in [0.15, 0.2) is 0 Å². The first-order valence-electron chi connectivity index (χ1n) is 6.83. The van der Waals surface area contributed by atoms with Crippen LogP contribution < -0.4 is 5.32 Å². The molecule has 4 nitrogen and oxygen atoms in total. The van der Waals surface area contributed by atoms with Crippen LogP contribution in [0.3, 0.4) is 0 Å². The molecule has 2 amide bonds. The van der Waals surface area contributed by atoms with Gasteiger partial charge in [-0.15, -0.1) is 0 Å². The van der Waals surface area contributed by atoms with Crippen molar-refractivity contribution in [3.8, 4) is 0 Å². The Hall–Kier alpha value is -1.06. The maximum atomic E-state index is 12.5. The maximum Gasteiger partial charge on any atom is 0.248 e. The lowest BCUT2D eigenvalue weighted by atomic mass is 9.88. The monoisotopic (exact) mass is 254 g/mol. The molecule has 18 heavy (non-hydrogen) atoms. The van der Waals surface area contributed by atoms with Gasteiger partial charge in [-0.3, -0.25) is 9.59 Å². The molecule has 0 aromatic rings. The summed E-state index contributed by atoms with van der Waals surface area (Å²) in [6, 6.07) is -0.321. The molecular weight excluding hydrogens is 228 g/mol. The third kappa shape index (κ3) is 2.85. The Morgan fingerprint density at radius 2 is 1.83 bits per heavy atom. The van der Waals surface area contributed by atoms with Gasteiger partial charge in [0, 0.05) is 6.54 Å². The molecule has 1 fully saturated rings. The highest BCUT2D eigenvalue weighted by molar-refractivity contribution is 5.99. The molecule has 0 spiro atoms. The zero-order valence-corrected chi connectivity index (χ0v) is 12.4. The molecule has 1 N–H and O–H groups in total. The fourth-order valence-electron chi connectivity index (χ4n) is 2.44. The quantitative estimate of drug-likeness (QED) is 0.831. The van der Waals surface area contributed by atoms with Gasteiger partial charge < -0.3 is 10.2 Å². The lowest BCUT2D eigenvalue weighted by Crippen LogP contribution is -2.69. The van der Waals surface area contributed by atoms with Crippen LogP contribution in [0.25, 0.3) is 0 Å². The number of amides is 2. The Labute approximate surface area is 110 Å². The van der Waals surface area contributed by atoms with E-state index >= 15 is 0 Å². The first-order chi connectivity index (χ1) is 8.20. The van der Waals surface area contributed by atoms with E-state index in [1.165, 1.54) is 0 Å². The standard InChI is InChI=1S/C14H26N2O2/c1-7-10(4)11-12(17)15-14(5,6)13(18)16(11)8-9(2)3/h9-11H,7-8H2,1-6H3,(H,15,17). The summed E-state index contributed by atoms with van der Waals surface area (Å²) in [5.74, 6) is 0.557. The van der Waals surface area contributed by atoms with Crippen molar-refractivity contribution < 1.29 is 9.59 Å². The fraction of sp³-hybridized carbons (Fsp3) is 0.857. The summed E-state index contributed by atoms with van der Waals surface area (Å²) in [5, 5.41) is 2.84.